The van der Waals surface area contributed by atoms with Crippen molar-refractivity contribution in [1.82, 2.24) is 24.9 Å². The molecular formula is C60H47N5. The van der Waals surface area contributed by atoms with Gasteiger partial charge in [0.05, 0.1) is 17.1 Å². The van der Waals surface area contributed by atoms with Gasteiger partial charge in [0.2, 0.25) is 0 Å². The van der Waals surface area contributed by atoms with Crippen LogP contribution in [-0.4, -0.2) is 24.9 Å². The van der Waals surface area contributed by atoms with Crippen LogP contribution in [0.15, 0.2) is 225 Å². The fraction of sp³-hybridized carbons (Fsp3) is 0.0833. The topological polar surface area (TPSA) is 64.5 Å². The van der Waals surface area contributed by atoms with Crippen LogP contribution in [0.3, 0.4) is 0 Å². The largest absolute Gasteiger partial charge is 0.256 e. The lowest BCUT2D eigenvalue weighted by Gasteiger charge is -2.18. The molecule has 4 aromatic heterocycles. The van der Waals surface area contributed by atoms with E-state index >= 15 is 0 Å². The molecule has 0 saturated heterocycles. The average molecular weight is 838 g/mol. The zero-order valence-corrected chi connectivity index (χ0v) is 36.1. The van der Waals surface area contributed by atoms with E-state index in [1.54, 1.807) is 12.4 Å². The fourth-order valence-electron chi connectivity index (χ4n) is 8.69. The minimum atomic E-state index is 0.714. The molecule has 0 N–H and O–H groups in total. The summed E-state index contributed by atoms with van der Waals surface area (Å²) < 4.78 is 0. The normalized spacial score (nSPS) is 11.1. The molecular weight excluding hydrogens is 791 g/mol. The summed E-state index contributed by atoms with van der Waals surface area (Å²) in [4.78, 5) is 23.0. The molecule has 0 fully saturated rings. The first-order valence-corrected chi connectivity index (χ1v) is 22.3. The third-order valence-corrected chi connectivity index (χ3v) is 12.0. The monoisotopic (exact) mass is 837 g/mol. The second-order valence-electron chi connectivity index (χ2n) is 16.4. The summed E-state index contributed by atoms with van der Waals surface area (Å²) in [5.41, 5.74) is 19.8. The molecule has 10 aromatic rings. The van der Waals surface area contributed by atoms with Crippen LogP contribution in [0.25, 0.3) is 67.4 Å². The zero-order chi connectivity index (χ0) is 43.6. The van der Waals surface area contributed by atoms with Crippen LogP contribution in [0.1, 0.15) is 33.4 Å². The highest BCUT2D eigenvalue weighted by atomic mass is 14.8. The van der Waals surface area contributed by atoms with E-state index in [0.717, 1.165) is 71.4 Å². The molecule has 0 atom stereocenters. The van der Waals surface area contributed by atoms with Crippen LogP contribution in [-0.2, 0) is 32.1 Å². The van der Waals surface area contributed by atoms with E-state index in [1.807, 2.05) is 61.1 Å². The van der Waals surface area contributed by atoms with Gasteiger partial charge in [-0.05, 0) is 142 Å². The summed E-state index contributed by atoms with van der Waals surface area (Å²) in [5, 5.41) is 0. The Bertz CT molecular complexity index is 3030. The number of aromatic nitrogens is 5. The first-order valence-electron chi connectivity index (χ1n) is 22.3. The predicted octanol–water partition coefficient (Wildman–Crippen LogP) is 13.8. The van der Waals surface area contributed by atoms with Gasteiger partial charge in [0.25, 0.3) is 0 Å². The summed E-state index contributed by atoms with van der Waals surface area (Å²) in [6, 6.07) is 69.3. The van der Waals surface area contributed by atoms with Crippen molar-refractivity contribution in [3.05, 3.63) is 258 Å². The number of pyridine rings is 3. The summed E-state index contributed by atoms with van der Waals surface area (Å²) >= 11 is 0. The van der Waals surface area contributed by atoms with Crippen molar-refractivity contribution in [2.45, 2.75) is 32.1 Å². The molecule has 0 saturated carbocycles. The highest BCUT2D eigenvalue weighted by Gasteiger charge is 2.16. The number of hydrogen-bond acceptors (Lipinski definition) is 5. The van der Waals surface area contributed by atoms with Gasteiger partial charge < -0.3 is 0 Å². The fourth-order valence-corrected chi connectivity index (χ4v) is 8.69. The van der Waals surface area contributed by atoms with Crippen molar-refractivity contribution >= 4 is 0 Å². The Kier molecular flexibility index (Phi) is 12.3. The Hall–Kier alpha value is -8.15. The van der Waals surface area contributed by atoms with Gasteiger partial charge in [-0.3, -0.25) is 15.0 Å². The van der Waals surface area contributed by atoms with Crippen LogP contribution in [0, 0.1) is 0 Å². The number of nitrogens with zero attached hydrogens (tertiary/aromatic N) is 5. The van der Waals surface area contributed by atoms with Crippen molar-refractivity contribution in [3.8, 4) is 67.4 Å². The van der Waals surface area contributed by atoms with Gasteiger partial charge in [0.15, 0.2) is 5.82 Å². The van der Waals surface area contributed by atoms with Gasteiger partial charge in [0, 0.05) is 53.2 Å². The van der Waals surface area contributed by atoms with Gasteiger partial charge in [-0.25, -0.2) is 9.97 Å². The maximum absolute atomic E-state index is 4.64. The Morgan fingerprint density at radius 1 is 0.262 bits per heavy atom. The molecule has 6 aromatic carbocycles. The molecule has 0 bridgehead atoms. The second kappa shape index (κ2) is 19.5. The quantitative estimate of drug-likeness (QED) is 0.109. The molecule has 0 amide bonds. The second-order valence-corrected chi connectivity index (χ2v) is 16.4. The van der Waals surface area contributed by atoms with E-state index in [-0.39, 0.29) is 0 Å². The van der Waals surface area contributed by atoms with Gasteiger partial charge in [-0.15, -0.1) is 0 Å². The van der Waals surface area contributed by atoms with E-state index in [0.29, 0.717) is 5.82 Å². The lowest BCUT2D eigenvalue weighted by molar-refractivity contribution is 0.931. The Morgan fingerprint density at radius 2 is 0.754 bits per heavy atom. The third kappa shape index (κ3) is 9.91. The Balaban J connectivity index is 1.00. The first kappa shape index (κ1) is 40.9. The van der Waals surface area contributed by atoms with Crippen LogP contribution in [0.4, 0.5) is 0 Å². The van der Waals surface area contributed by atoms with E-state index in [1.165, 1.54) is 55.6 Å². The molecule has 4 heterocycles. The summed E-state index contributed by atoms with van der Waals surface area (Å²) in [6.07, 6.45) is 13.6. The molecule has 0 radical (unpaired) electrons. The van der Waals surface area contributed by atoms with E-state index in [2.05, 4.69) is 177 Å². The molecule has 5 nitrogen and oxygen atoms in total. The highest BCUT2D eigenvalue weighted by Crippen LogP contribution is 2.38. The van der Waals surface area contributed by atoms with Gasteiger partial charge in [-0.1, -0.05) is 140 Å². The minimum Gasteiger partial charge on any atom is -0.256 e. The molecule has 312 valence electrons. The zero-order valence-electron chi connectivity index (χ0n) is 36.1. The first-order chi connectivity index (χ1) is 32.2. The molecule has 0 aliphatic rings. The molecule has 0 aliphatic heterocycles. The van der Waals surface area contributed by atoms with Gasteiger partial charge >= 0.3 is 0 Å². The number of rotatable bonds is 14. The van der Waals surface area contributed by atoms with Gasteiger partial charge in [-0.2, -0.15) is 0 Å². The van der Waals surface area contributed by atoms with Crippen molar-refractivity contribution in [1.29, 1.82) is 0 Å². The predicted molar refractivity (Wildman–Crippen MR) is 265 cm³/mol. The minimum absolute atomic E-state index is 0.714. The SMILES string of the molecule is c1ccc(-c2ccc(CCc3cc(CCc4ccc(-c5ccccn5)cc4)cc(-c4ccccc4-c4ccc(-c5ncccn5)cc4Cc4cccc(-c5ccccn5)c4)c3)cc2)nc1. The van der Waals surface area contributed by atoms with Crippen LogP contribution < -0.4 is 0 Å². The third-order valence-electron chi connectivity index (χ3n) is 12.0. The van der Waals surface area contributed by atoms with Crippen molar-refractivity contribution < 1.29 is 0 Å². The summed E-state index contributed by atoms with van der Waals surface area (Å²) in [6.45, 7) is 0. The molecule has 0 unspecified atom stereocenters. The molecule has 0 spiro atoms. The maximum atomic E-state index is 4.64. The van der Waals surface area contributed by atoms with Crippen molar-refractivity contribution in [3.63, 3.8) is 0 Å². The maximum Gasteiger partial charge on any atom is 0.159 e. The number of benzene rings is 6. The Morgan fingerprint density at radius 3 is 1.32 bits per heavy atom. The molecule has 0 aliphatic carbocycles. The standard InChI is InChI=1S/C60H47N5/c1-2-14-56(55-31-30-51(60-64-35-10-36-65-60)42-53(55)39-45-11-9-12-50(38-45)59-17-5-8-34-63-59)54(13-1)52-40-46(20-18-43-22-26-48(27-23-43)57-15-3-6-32-61-57)37-47(41-52)21-19-44-24-28-49(29-25-44)58-16-4-7-33-62-58/h1-17,22-38,40-42H,18-21,39H2. The van der Waals surface area contributed by atoms with Crippen LogP contribution in [0.5, 0.6) is 0 Å². The summed E-state index contributed by atoms with van der Waals surface area (Å²) in [5.74, 6) is 0.714. The number of hydrogen-bond donors (Lipinski definition) is 0. The van der Waals surface area contributed by atoms with E-state index in [9.17, 15) is 0 Å². The smallest absolute Gasteiger partial charge is 0.159 e. The van der Waals surface area contributed by atoms with Crippen molar-refractivity contribution in [2.75, 3.05) is 0 Å². The van der Waals surface area contributed by atoms with Crippen LogP contribution >= 0.6 is 0 Å². The van der Waals surface area contributed by atoms with E-state index < -0.39 is 0 Å². The lowest BCUT2D eigenvalue weighted by Crippen LogP contribution is -1.99. The lowest BCUT2D eigenvalue weighted by atomic mass is 9.87. The summed E-state index contributed by atoms with van der Waals surface area (Å²) in [7, 11) is 0. The highest BCUT2D eigenvalue weighted by molar-refractivity contribution is 5.86. The van der Waals surface area contributed by atoms with Crippen molar-refractivity contribution in [2.24, 2.45) is 0 Å². The Labute approximate surface area is 381 Å². The molecule has 5 heteroatoms. The van der Waals surface area contributed by atoms with E-state index in [4.69, 9.17) is 0 Å². The van der Waals surface area contributed by atoms with Crippen LogP contribution in [0.2, 0.25) is 0 Å². The van der Waals surface area contributed by atoms with Gasteiger partial charge in [0.1, 0.15) is 0 Å². The molecule has 10 rings (SSSR count). The average Bonchev–Trinajstić information content (AvgIpc) is 3.39. The molecule has 65 heavy (non-hydrogen) atoms. The number of aryl methyl sites for hydroxylation is 4.